The number of hydrogen-bond acceptors (Lipinski definition) is 3. The van der Waals surface area contributed by atoms with Crippen LogP contribution in [0, 0.1) is 5.92 Å². The smallest absolute Gasteiger partial charge is 0.134 e. The van der Waals surface area contributed by atoms with Crippen LogP contribution < -0.4 is 0 Å². The van der Waals surface area contributed by atoms with Crippen LogP contribution in [0.4, 0.5) is 0 Å². The predicted molar refractivity (Wildman–Crippen MR) is 100 cm³/mol. The Morgan fingerprint density at radius 2 is 1.88 bits per heavy atom. The molecule has 2 aliphatic rings. The highest BCUT2D eigenvalue weighted by Crippen LogP contribution is 2.20. The van der Waals surface area contributed by atoms with Crippen molar-refractivity contribution in [3.8, 4) is 0 Å². The molecule has 1 aliphatic carbocycles. The third-order valence-corrected chi connectivity index (χ3v) is 5.57. The molecule has 0 unspecified atom stereocenters. The number of allylic oxidation sites excluding steroid dienone is 2. The standard InChI is InChI=1S/C21H28N4/c1-3-7-18(8-4-1)11-12-20-22-23-21-13-14-24(15-16-25(20)21)17-19-9-5-2-6-10-19/h1-5,7-8,19H,6,9-17H2/t19-/m0/s1. The van der Waals surface area contributed by atoms with Gasteiger partial charge in [0.2, 0.25) is 0 Å². The largest absolute Gasteiger partial charge is 0.314 e. The Kier molecular flexibility index (Phi) is 5.26. The normalized spacial score (nSPS) is 21.0. The number of benzene rings is 1. The quantitative estimate of drug-likeness (QED) is 0.786. The van der Waals surface area contributed by atoms with Gasteiger partial charge in [-0.3, -0.25) is 0 Å². The molecule has 4 heteroatoms. The topological polar surface area (TPSA) is 34.0 Å². The predicted octanol–water partition coefficient (Wildman–Crippen LogP) is 3.28. The van der Waals surface area contributed by atoms with Crippen molar-refractivity contribution in [1.29, 1.82) is 0 Å². The molecule has 0 amide bonds. The van der Waals surface area contributed by atoms with E-state index in [0.717, 1.165) is 50.6 Å². The van der Waals surface area contributed by atoms with Crippen LogP contribution in [-0.2, 0) is 25.8 Å². The number of aryl methyl sites for hydroxylation is 2. The molecule has 1 aromatic carbocycles. The highest BCUT2D eigenvalue weighted by Gasteiger charge is 2.21. The van der Waals surface area contributed by atoms with Gasteiger partial charge in [-0.05, 0) is 37.2 Å². The van der Waals surface area contributed by atoms with E-state index < -0.39 is 0 Å². The second kappa shape index (κ2) is 7.96. The van der Waals surface area contributed by atoms with Gasteiger partial charge < -0.3 is 9.47 Å². The summed E-state index contributed by atoms with van der Waals surface area (Å²) in [5.74, 6) is 3.17. The molecular formula is C21H28N4. The molecule has 132 valence electrons. The average Bonchev–Trinajstić information content (AvgIpc) is 2.95. The molecule has 0 saturated carbocycles. The van der Waals surface area contributed by atoms with Crippen molar-refractivity contribution in [2.24, 2.45) is 5.92 Å². The van der Waals surface area contributed by atoms with Crippen LogP contribution in [-0.4, -0.2) is 39.3 Å². The molecule has 0 spiro atoms. The average molecular weight is 336 g/mol. The summed E-state index contributed by atoms with van der Waals surface area (Å²) in [5, 5.41) is 8.97. The van der Waals surface area contributed by atoms with E-state index in [2.05, 4.69) is 62.1 Å². The van der Waals surface area contributed by atoms with Crippen LogP contribution in [0.15, 0.2) is 42.5 Å². The van der Waals surface area contributed by atoms with Crippen molar-refractivity contribution in [2.75, 3.05) is 19.6 Å². The fourth-order valence-electron chi connectivity index (χ4n) is 4.08. The summed E-state index contributed by atoms with van der Waals surface area (Å²) < 4.78 is 2.38. The Morgan fingerprint density at radius 3 is 2.72 bits per heavy atom. The maximum absolute atomic E-state index is 4.49. The SMILES string of the molecule is C1=CC[C@H](CN2CCc3nnc(CCc4ccccc4)n3CC2)CC1. The molecule has 0 bridgehead atoms. The number of hydrogen-bond donors (Lipinski definition) is 0. The Labute approximate surface area is 150 Å². The first kappa shape index (κ1) is 16.5. The molecular weight excluding hydrogens is 308 g/mol. The monoisotopic (exact) mass is 336 g/mol. The molecule has 0 N–H and O–H groups in total. The molecule has 2 heterocycles. The van der Waals surface area contributed by atoms with Gasteiger partial charge in [-0.15, -0.1) is 10.2 Å². The highest BCUT2D eigenvalue weighted by molar-refractivity contribution is 5.15. The minimum atomic E-state index is 0.839. The minimum absolute atomic E-state index is 0.839. The number of aromatic nitrogens is 3. The first-order valence-corrected chi connectivity index (χ1v) is 9.71. The first-order valence-electron chi connectivity index (χ1n) is 9.71. The van der Waals surface area contributed by atoms with E-state index in [9.17, 15) is 0 Å². The summed E-state index contributed by atoms with van der Waals surface area (Å²) in [7, 11) is 0. The summed E-state index contributed by atoms with van der Waals surface area (Å²) in [6.07, 6.45) is 11.6. The van der Waals surface area contributed by atoms with Crippen LogP contribution in [0.3, 0.4) is 0 Å². The van der Waals surface area contributed by atoms with Crippen LogP contribution in [0.5, 0.6) is 0 Å². The summed E-state index contributed by atoms with van der Waals surface area (Å²) in [4.78, 5) is 2.64. The van der Waals surface area contributed by atoms with Gasteiger partial charge in [0.25, 0.3) is 0 Å². The van der Waals surface area contributed by atoms with E-state index in [1.807, 2.05) is 0 Å². The summed E-state index contributed by atoms with van der Waals surface area (Å²) in [5.41, 5.74) is 1.38. The van der Waals surface area contributed by atoms with Crippen molar-refractivity contribution in [2.45, 2.75) is 45.1 Å². The fraction of sp³-hybridized carbons (Fsp3) is 0.524. The van der Waals surface area contributed by atoms with E-state index in [0.29, 0.717) is 0 Å². The van der Waals surface area contributed by atoms with Gasteiger partial charge in [-0.25, -0.2) is 0 Å². The molecule has 1 aromatic heterocycles. The zero-order valence-electron chi connectivity index (χ0n) is 15.0. The van der Waals surface area contributed by atoms with E-state index in [4.69, 9.17) is 0 Å². The molecule has 4 nitrogen and oxygen atoms in total. The molecule has 0 saturated heterocycles. The summed E-state index contributed by atoms with van der Waals surface area (Å²) >= 11 is 0. The van der Waals surface area contributed by atoms with Crippen LogP contribution in [0.25, 0.3) is 0 Å². The van der Waals surface area contributed by atoms with E-state index in [-0.39, 0.29) is 0 Å². The van der Waals surface area contributed by atoms with Gasteiger partial charge >= 0.3 is 0 Å². The van der Waals surface area contributed by atoms with Gasteiger partial charge in [-0.2, -0.15) is 0 Å². The van der Waals surface area contributed by atoms with Crippen LogP contribution in [0.1, 0.15) is 36.5 Å². The number of rotatable bonds is 5. The molecule has 25 heavy (non-hydrogen) atoms. The van der Waals surface area contributed by atoms with Gasteiger partial charge in [0, 0.05) is 39.0 Å². The lowest BCUT2D eigenvalue weighted by atomic mass is 9.94. The number of fused-ring (bicyclic) bond motifs is 1. The fourth-order valence-corrected chi connectivity index (χ4v) is 4.08. The van der Waals surface area contributed by atoms with E-state index in [1.165, 1.54) is 37.2 Å². The van der Waals surface area contributed by atoms with Crippen molar-refractivity contribution in [1.82, 2.24) is 19.7 Å². The molecule has 1 aliphatic heterocycles. The van der Waals surface area contributed by atoms with Crippen molar-refractivity contribution in [3.05, 3.63) is 59.7 Å². The van der Waals surface area contributed by atoms with Crippen LogP contribution in [0.2, 0.25) is 0 Å². The number of nitrogens with zero attached hydrogens (tertiary/aromatic N) is 4. The zero-order chi connectivity index (χ0) is 16.9. The van der Waals surface area contributed by atoms with Gasteiger partial charge in [0.1, 0.15) is 11.6 Å². The second-order valence-electron chi connectivity index (χ2n) is 7.37. The molecule has 2 aromatic rings. The van der Waals surface area contributed by atoms with E-state index in [1.54, 1.807) is 0 Å². The Morgan fingerprint density at radius 1 is 0.960 bits per heavy atom. The van der Waals surface area contributed by atoms with Gasteiger partial charge in [-0.1, -0.05) is 42.5 Å². The maximum Gasteiger partial charge on any atom is 0.134 e. The first-order chi connectivity index (χ1) is 12.4. The van der Waals surface area contributed by atoms with E-state index >= 15 is 0 Å². The lowest BCUT2D eigenvalue weighted by Crippen LogP contribution is -2.32. The third-order valence-electron chi connectivity index (χ3n) is 5.57. The Bertz CT molecular complexity index is 704. The van der Waals surface area contributed by atoms with Gasteiger partial charge in [0.05, 0.1) is 0 Å². The van der Waals surface area contributed by atoms with Crippen molar-refractivity contribution >= 4 is 0 Å². The van der Waals surface area contributed by atoms with Crippen LogP contribution >= 0.6 is 0 Å². The lowest BCUT2D eigenvalue weighted by molar-refractivity contribution is 0.226. The molecule has 0 radical (unpaired) electrons. The Balaban J connectivity index is 1.35. The second-order valence-corrected chi connectivity index (χ2v) is 7.37. The van der Waals surface area contributed by atoms with Crippen molar-refractivity contribution in [3.63, 3.8) is 0 Å². The molecule has 1 atom stereocenters. The van der Waals surface area contributed by atoms with Gasteiger partial charge in [0.15, 0.2) is 0 Å². The minimum Gasteiger partial charge on any atom is -0.314 e. The zero-order valence-corrected chi connectivity index (χ0v) is 15.0. The molecule has 4 rings (SSSR count). The lowest BCUT2D eigenvalue weighted by Gasteiger charge is -2.26. The Hall–Kier alpha value is -1.94. The molecule has 0 fully saturated rings. The van der Waals surface area contributed by atoms with Crippen molar-refractivity contribution < 1.29 is 0 Å². The third kappa shape index (κ3) is 4.18. The summed E-state index contributed by atoms with van der Waals surface area (Å²) in [6, 6.07) is 10.7. The maximum atomic E-state index is 4.49. The summed E-state index contributed by atoms with van der Waals surface area (Å²) in [6.45, 7) is 4.53. The highest BCUT2D eigenvalue weighted by atomic mass is 15.3.